The topological polar surface area (TPSA) is 80.1 Å². The highest BCUT2D eigenvalue weighted by Crippen LogP contribution is 2.18. The van der Waals surface area contributed by atoms with Gasteiger partial charge in [-0.3, -0.25) is 9.59 Å². The van der Waals surface area contributed by atoms with Gasteiger partial charge in [0.25, 0.3) is 11.8 Å². The molecule has 0 bridgehead atoms. The molecule has 1 N–H and O–H groups in total. The quantitative estimate of drug-likeness (QED) is 0.718. The van der Waals surface area contributed by atoms with Crippen molar-refractivity contribution in [1.29, 1.82) is 0 Å². The van der Waals surface area contributed by atoms with Crippen LogP contribution in [0.25, 0.3) is 5.69 Å². The van der Waals surface area contributed by atoms with Crippen molar-refractivity contribution in [1.82, 2.24) is 25.2 Å². The number of aromatic nitrogens is 3. The fourth-order valence-corrected chi connectivity index (χ4v) is 4.21. The van der Waals surface area contributed by atoms with E-state index in [-0.39, 0.29) is 17.9 Å². The molecular formula is C21H23N5O2S. The highest BCUT2D eigenvalue weighted by atomic mass is 32.1. The second kappa shape index (κ2) is 8.16. The summed E-state index contributed by atoms with van der Waals surface area (Å²) in [7, 11) is 0. The van der Waals surface area contributed by atoms with Crippen molar-refractivity contribution in [3.05, 3.63) is 63.6 Å². The SMILES string of the molecule is Cc1cccc(-n2nnc(C(=O)N3CCC(NC(=O)c4ccsc4)CC3)c2C)c1. The summed E-state index contributed by atoms with van der Waals surface area (Å²) in [5, 5.41) is 15.1. The van der Waals surface area contributed by atoms with Crippen molar-refractivity contribution in [3.8, 4) is 5.69 Å². The molecule has 1 aliphatic heterocycles. The molecule has 8 heteroatoms. The van der Waals surface area contributed by atoms with E-state index < -0.39 is 0 Å². The van der Waals surface area contributed by atoms with Crippen LogP contribution in [0, 0.1) is 13.8 Å². The first-order valence-electron chi connectivity index (χ1n) is 9.64. The van der Waals surface area contributed by atoms with Crippen LogP contribution in [-0.4, -0.2) is 50.8 Å². The van der Waals surface area contributed by atoms with Crippen molar-refractivity contribution in [2.24, 2.45) is 0 Å². The Bertz CT molecular complexity index is 1020. The van der Waals surface area contributed by atoms with Crippen LogP contribution in [0.15, 0.2) is 41.1 Å². The Morgan fingerprint density at radius 1 is 1.17 bits per heavy atom. The highest BCUT2D eigenvalue weighted by Gasteiger charge is 2.28. The van der Waals surface area contributed by atoms with Gasteiger partial charge in [0.1, 0.15) is 0 Å². The minimum atomic E-state index is -0.107. The maximum atomic E-state index is 13.0. The van der Waals surface area contributed by atoms with Crippen LogP contribution in [0.3, 0.4) is 0 Å². The molecule has 0 aliphatic carbocycles. The summed E-state index contributed by atoms with van der Waals surface area (Å²) in [6.45, 7) is 5.06. The van der Waals surface area contributed by atoms with Crippen LogP contribution in [0.1, 0.15) is 44.9 Å². The summed E-state index contributed by atoms with van der Waals surface area (Å²) in [5.74, 6) is -0.156. The zero-order chi connectivity index (χ0) is 20.4. The zero-order valence-electron chi connectivity index (χ0n) is 16.5. The lowest BCUT2D eigenvalue weighted by molar-refractivity contribution is 0.0691. The Balaban J connectivity index is 1.39. The molecule has 150 valence electrons. The molecule has 1 fully saturated rings. The number of amides is 2. The number of rotatable bonds is 4. The third kappa shape index (κ3) is 4.07. The molecule has 3 heterocycles. The number of thiophene rings is 1. The molecule has 1 saturated heterocycles. The van der Waals surface area contributed by atoms with Crippen LogP contribution in [0.4, 0.5) is 0 Å². The Labute approximate surface area is 173 Å². The van der Waals surface area contributed by atoms with Gasteiger partial charge in [-0.25, -0.2) is 4.68 Å². The molecule has 2 aromatic heterocycles. The summed E-state index contributed by atoms with van der Waals surface area (Å²) in [6.07, 6.45) is 1.46. The van der Waals surface area contributed by atoms with Crippen LogP contribution < -0.4 is 5.32 Å². The Kier molecular flexibility index (Phi) is 5.44. The maximum absolute atomic E-state index is 13.0. The van der Waals surface area contributed by atoms with E-state index in [1.54, 1.807) is 9.58 Å². The molecule has 1 aliphatic rings. The fourth-order valence-electron chi connectivity index (χ4n) is 3.57. The van der Waals surface area contributed by atoms with E-state index in [0.29, 0.717) is 24.3 Å². The Hall–Kier alpha value is -3.00. The van der Waals surface area contributed by atoms with Gasteiger partial charge in [-0.15, -0.1) is 5.10 Å². The smallest absolute Gasteiger partial charge is 0.276 e. The van der Waals surface area contributed by atoms with E-state index in [2.05, 4.69) is 15.6 Å². The first-order valence-corrected chi connectivity index (χ1v) is 10.6. The van der Waals surface area contributed by atoms with Gasteiger partial charge in [0.05, 0.1) is 11.4 Å². The van der Waals surface area contributed by atoms with Crippen molar-refractivity contribution in [2.45, 2.75) is 32.7 Å². The number of carbonyl (C=O) groups is 2. The minimum absolute atomic E-state index is 0.0482. The molecular weight excluding hydrogens is 386 g/mol. The van der Waals surface area contributed by atoms with Gasteiger partial charge in [0.15, 0.2) is 5.69 Å². The molecule has 0 radical (unpaired) electrons. The van der Waals surface area contributed by atoms with Crippen LogP contribution in [0.2, 0.25) is 0 Å². The molecule has 0 saturated carbocycles. The van der Waals surface area contributed by atoms with Crippen molar-refractivity contribution < 1.29 is 9.59 Å². The van der Waals surface area contributed by atoms with E-state index in [1.165, 1.54) is 11.3 Å². The number of hydrogen-bond acceptors (Lipinski definition) is 5. The predicted molar refractivity (Wildman–Crippen MR) is 112 cm³/mol. The van der Waals surface area contributed by atoms with E-state index in [1.807, 2.05) is 54.9 Å². The number of aryl methyl sites for hydroxylation is 1. The minimum Gasteiger partial charge on any atom is -0.349 e. The maximum Gasteiger partial charge on any atom is 0.276 e. The fraction of sp³-hybridized carbons (Fsp3) is 0.333. The van der Waals surface area contributed by atoms with Gasteiger partial charge in [-0.1, -0.05) is 17.3 Å². The van der Waals surface area contributed by atoms with Gasteiger partial charge in [0.2, 0.25) is 0 Å². The number of benzene rings is 1. The summed E-state index contributed by atoms with van der Waals surface area (Å²) >= 11 is 1.51. The monoisotopic (exact) mass is 409 g/mol. The van der Waals surface area contributed by atoms with E-state index in [0.717, 1.165) is 29.8 Å². The van der Waals surface area contributed by atoms with Crippen LogP contribution in [-0.2, 0) is 0 Å². The zero-order valence-corrected chi connectivity index (χ0v) is 17.3. The van der Waals surface area contributed by atoms with Crippen LogP contribution >= 0.6 is 11.3 Å². The standard InChI is InChI=1S/C21H23N5O2S/c1-14-4-3-5-18(12-14)26-15(2)19(23-24-26)21(28)25-9-6-17(7-10-25)22-20(27)16-8-11-29-13-16/h3-5,8,11-13,17H,6-7,9-10H2,1-2H3,(H,22,27). The lowest BCUT2D eigenvalue weighted by atomic mass is 10.0. The molecule has 0 atom stereocenters. The summed E-state index contributed by atoms with van der Waals surface area (Å²) < 4.78 is 1.70. The second-order valence-corrected chi connectivity index (χ2v) is 8.11. The first-order chi connectivity index (χ1) is 14.0. The number of piperidine rings is 1. The largest absolute Gasteiger partial charge is 0.349 e. The Morgan fingerprint density at radius 2 is 1.97 bits per heavy atom. The lowest BCUT2D eigenvalue weighted by Gasteiger charge is -2.32. The Morgan fingerprint density at radius 3 is 2.66 bits per heavy atom. The summed E-state index contributed by atoms with van der Waals surface area (Å²) in [6, 6.07) is 9.84. The molecule has 3 aromatic rings. The van der Waals surface area contributed by atoms with Crippen molar-refractivity contribution in [3.63, 3.8) is 0 Å². The van der Waals surface area contributed by atoms with E-state index in [4.69, 9.17) is 0 Å². The van der Waals surface area contributed by atoms with Crippen LogP contribution in [0.5, 0.6) is 0 Å². The van der Waals surface area contributed by atoms with E-state index in [9.17, 15) is 9.59 Å². The molecule has 7 nitrogen and oxygen atoms in total. The molecule has 0 spiro atoms. The third-order valence-corrected chi connectivity index (χ3v) is 5.93. The van der Waals surface area contributed by atoms with Gasteiger partial charge in [-0.05, 0) is 55.8 Å². The molecule has 2 amide bonds. The molecule has 1 aromatic carbocycles. The molecule has 29 heavy (non-hydrogen) atoms. The average molecular weight is 410 g/mol. The number of nitrogens with zero attached hydrogens (tertiary/aromatic N) is 4. The van der Waals surface area contributed by atoms with Gasteiger partial charge < -0.3 is 10.2 Å². The van der Waals surface area contributed by atoms with Gasteiger partial charge in [0, 0.05) is 30.1 Å². The molecule has 4 rings (SSSR count). The predicted octanol–water partition coefficient (Wildman–Crippen LogP) is 2.98. The second-order valence-electron chi connectivity index (χ2n) is 7.33. The van der Waals surface area contributed by atoms with Crippen molar-refractivity contribution in [2.75, 3.05) is 13.1 Å². The number of nitrogens with one attached hydrogen (secondary N) is 1. The highest BCUT2D eigenvalue weighted by molar-refractivity contribution is 7.08. The summed E-state index contributed by atoms with van der Waals surface area (Å²) in [4.78, 5) is 27.0. The van der Waals surface area contributed by atoms with Crippen molar-refractivity contribution >= 4 is 23.2 Å². The van der Waals surface area contributed by atoms with Gasteiger partial charge >= 0.3 is 0 Å². The van der Waals surface area contributed by atoms with Gasteiger partial charge in [-0.2, -0.15) is 11.3 Å². The number of likely N-dealkylation sites (tertiary alicyclic amines) is 1. The lowest BCUT2D eigenvalue weighted by Crippen LogP contribution is -2.46. The number of carbonyl (C=O) groups excluding carboxylic acids is 2. The van der Waals surface area contributed by atoms with E-state index >= 15 is 0 Å². The molecule has 0 unspecified atom stereocenters. The average Bonchev–Trinajstić information content (AvgIpc) is 3.38. The third-order valence-electron chi connectivity index (χ3n) is 5.24. The first kappa shape index (κ1) is 19.3. The normalized spacial score (nSPS) is 14.8. The number of hydrogen-bond donors (Lipinski definition) is 1. The summed E-state index contributed by atoms with van der Waals surface area (Å²) in [5.41, 5.74) is 3.82.